The van der Waals surface area contributed by atoms with Crippen molar-refractivity contribution in [1.29, 1.82) is 0 Å². The maximum absolute atomic E-state index is 12.7. The van der Waals surface area contributed by atoms with Crippen LogP contribution < -0.4 is 10.1 Å². The Kier molecular flexibility index (Phi) is 4.11. The van der Waals surface area contributed by atoms with Gasteiger partial charge in [0.25, 0.3) is 5.91 Å². The van der Waals surface area contributed by atoms with Crippen molar-refractivity contribution in [3.8, 4) is 5.75 Å². The van der Waals surface area contributed by atoms with Crippen molar-refractivity contribution in [2.75, 3.05) is 12.4 Å². The van der Waals surface area contributed by atoms with Crippen molar-refractivity contribution >= 4 is 27.5 Å². The van der Waals surface area contributed by atoms with Gasteiger partial charge >= 0.3 is 0 Å². The molecule has 0 fully saturated rings. The number of hydrogen-bond acceptors (Lipinski definition) is 3. The summed E-state index contributed by atoms with van der Waals surface area (Å²) in [4.78, 5) is 15.6. The van der Waals surface area contributed by atoms with Gasteiger partial charge in [-0.3, -0.25) is 4.79 Å². The van der Waals surface area contributed by atoms with Crippen molar-refractivity contribution in [3.05, 3.63) is 52.5 Å². The van der Waals surface area contributed by atoms with E-state index in [1.165, 1.54) is 19.2 Å². The van der Waals surface area contributed by atoms with Crippen molar-refractivity contribution in [3.63, 3.8) is 0 Å². The Morgan fingerprint density at radius 1 is 1.37 bits per heavy atom. The van der Waals surface area contributed by atoms with Gasteiger partial charge < -0.3 is 10.1 Å². The molecular formula is C13H10BrFN2O2. The maximum atomic E-state index is 12.7. The molecule has 0 aliphatic rings. The van der Waals surface area contributed by atoms with Crippen LogP contribution in [0.1, 0.15) is 10.5 Å². The first-order chi connectivity index (χ1) is 9.10. The average molecular weight is 325 g/mol. The van der Waals surface area contributed by atoms with Gasteiger partial charge in [-0.05, 0) is 40.2 Å². The number of benzene rings is 1. The van der Waals surface area contributed by atoms with Crippen molar-refractivity contribution in [2.24, 2.45) is 0 Å². The van der Waals surface area contributed by atoms with E-state index in [0.717, 1.165) is 6.20 Å². The molecule has 0 bridgehead atoms. The van der Waals surface area contributed by atoms with Crippen LogP contribution in [0.5, 0.6) is 5.75 Å². The number of amides is 1. The van der Waals surface area contributed by atoms with Gasteiger partial charge in [-0.15, -0.1) is 0 Å². The van der Waals surface area contributed by atoms with E-state index >= 15 is 0 Å². The summed E-state index contributed by atoms with van der Waals surface area (Å²) >= 11 is 3.32. The number of methoxy groups -OCH3 is 1. The van der Waals surface area contributed by atoms with Crippen LogP contribution in [0.25, 0.3) is 0 Å². The van der Waals surface area contributed by atoms with E-state index in [1.54, 1.807) is 18.2 Å². The predicted molar refractivity (Wildman–Crippen MR) is 72.8 cm³/mol. The fourth-order valence-electron chi connectivity index (χ4n) is 1.42. The molecule has 0 saturated carbocycles. The molecule has 1 heterocycles. The van der Waals surface area contributed by atoms with Crippen LogP contribution in [0.3, 0.4) is 0 Å². The molecule has 4 nitrogen and oxygen atoms in total. The Morgan fingerprint density at radius 2 is 2.16 bits per heavy atom. The van der Waals surface area contributed by atoms with Crippen LogP contribution in [-0.4, -0.2) is 18.0 Å². The molecule has 0 radical (unpaired) electrons. The lowest BCUT2D eigenvalue weighted by atomic mass is 10.2. The number of rotatable bonds is 3. The Balaban J connectivity index is 2.21. The predicted octanol–water partition coefficient (Wildman–Crippen LogP) is 3.24. The topological polar surface area (TPSA) is 51.2 Å². The summed E-state index contributed by atoms with van der Waals surface area (Å²) in [7, 11) is 1.54. The minimum atomic E-state index is -0.487. The van der Waals surface area contributed by atoms with E-state index in [9.17, 15) is 9.18 Å². The molecular weight excluding hydrogens is 315 g/mol. The number of aromatic nitrogens is 1. The average Bonchev–Trinajstić information content (AvgIpc) is 2.42. The molecule has 0 spiro atoms. The van der Waals surface area contributed by atoms with Crippen LogP contribution in [0.4, 0.5) is 10.1 Å². The molecule has 98 valence electrons. The van der Waals surface area contributed by atoms with Crippen molar-refractivity contribution < 1.29 is 13.9 Å². The number of hydrogen-bond donors (Lipinski definition) is 1. The molecule has 0 saturated heterocycles. The third-order valence-corrected chi connectivity index (χ3v) is 3.07. The quantitative estimate of drug-likeness (QED) is 0.942. The molecule has 0 unspecified atom stereocenters. The second-order valence-corrected chi connectivity index (χ2v) is 4.52. The van der Waals surface area contributed by atoms with Gasteiger partial charge in [0.2, 0.25) is 0 Å². The number of nitrogens with one attached hydrogen (secondary N) is 1. The maximum Gasteiger partial charge on any atom is 0.274 e. The van der Waals surface area contributed by atoms with Gasteiger partial charge in [0.05, 0.1) is 19.0 Å². The molecule has 1 N–H and O–H groups in total. The first kappa shape index (κ1) is 13.5. The molecule has 0 atom stereocenters. The molecule has 1 amide bonds. The standard InChI is InChI=1S/C13H10BrFN2O2/c1-19-9-3-4-10(14)12(6-9)17-13(18)11-5-2-8(15)7-16-11/h2-7H,1H3,(H,17,18). The normalized spacial score (nSPS) is 10.1. The summed E-state index contributed by atoms with van der Waals surface area (Å²) in [6.45, 7) is 0. The number of halogens is 2. The second kappa shape index (κ2) is 5.79. The fourth-order valence-corrected chi connectivity index (χ4v) is 1.77. The van der Waals surface area contributed by atoms with E-state index < -0.39 is 11.7 Å². The molecule has 2 rings (SSSR count). The van der Waals surface area contributed by atoms with Crippen LogP contribution in [0.15, 0.2) is 41.0 Å². The number of nitrogens with zero attached hydrogens (tertiary/aromatic N) is 1. The Hall–Kier alpha value is -1.95. The molecule has 0 aliphatic heterocycles. The number of pyridine rings is 1. The van der Waals surface area contributed by atoms with E-state index in [2.05, 4.69) is 26.2 Å². The summed E-state index contributed by atoms with van der Waals surface area (Å²) in [6.07, 6.45) is 0.996. The lowest BCUT2D eigenvalue weighted by molar-refractivity contribution is 0.102. The van der Waals surface area contributed by atoms with Gasteiger partial charge in [0.1, 0.15) is 17.3 Å². The summed E-state index contributed by atoms with van der Waals surface area (Å²) in [5.74, 6) is -0.293. The van der Waals surface area contributed by atoms with Crippen LogP contribution in [0, 0.1) is 5.82 Å². The van der Waals surface area contributed by atoms with Crippen LogP contribution in [0.2, 0.25) is 0 Å². The Labute approximate surface area is 117 Å². The highest BCUT2D eigenvalue weighted by atomic mass is 79.9. The molecule has 1 aromatic carbocycles. The lowest BCUT2D eigenvalue weighted by Gasteiger charge is -2.08. The minimum Gasteiger partial charge on any atom is -0.497 e. The van der Waals surface area contributed by atoms with Crippen molar-refractivity contribution in [1.82, 2.24) is 4.98 Å². The lowest BCUT2D eigenvalue weighted by Crippen LogP contribution is -2.14. The third kappa shape index (κ3) is 3.29. The zero-order valence-corrected chi connectivity index (χ0v) is 11.6. The third-order valence-electron chi connectivity index (χ3n) is 2.38. The fraction of sp³-hybridized carbons (Fsp3) is 0.0769. The molecule has 1 aromatic heterocycles. The summed E-state index contributed by atoms with van der Waals surface area (Å²) < 4.78 is 18.5. The highest BCUT2D eigenvalue weighted by Crippen LogP contribution is 2.27. The molecule has 19 heavy (non-hydrogen) atoms. The zero-order chi connectivity index (χ0) is 13.8. The first-order valence-corrected chi connectivity index (χ1v) is 6.16. The highest BCUT2D eigenvalue weighted by molar-refractivity contribution is 9.10. The van der Waals surface area contributed by atoms with Crippen molar-refractivity contribution in [2.45, 2.75) is 0 Å². The largest absolute Gasteiger partial charge is 0.497 e. The Bertz CT molecular complexity index is 602. The minimum absolute atomic E-state index is 0.135. The van der Waals surface area contributed by atoms with Gasteiger partial charge in [-0.1, -0.05) is 0 Å². The van der Waals surface area contributed by atoms with E-state index in [4.69, 9.17) is 4.74 Å². The zero-order valence-electron chi connectivity index (χ0n) is 9.98. The summed E-state index contributed by atoms with van der Waals surface area (Å²) in [5, 5.41) is 2.67. The Morgan fingerprint density at radius 3 is 2.79 bits per heavy atom. The van der Waals surface area contributed by atoms with E-state index in [1.807, 2.05) is 0 Å². The van der Waals surface area contributed by atoms with E-state index in [-0.39, 0.29) is 5.69 Å². The molecule has 0 aliphatic carbocycles. The number of carbonyl (C=O) groups excluding carboxylic acids is 1. The summed E-state index contributed by atoms with van der Waals surface area (Å²) in [5.41, 5.74) is 0.687. The van der Waals surface area contributed by atoms with E-state index in [0.29, 0.717) is 15.9 Å². The number of carbonyl (C=O) groups is 1. The van der Waals surface area contributed by atoms with Gasteiger partial charge in [0.15, 0.2) is 0 Å². The smallest absolute Gasteiger partial charge is 0.274 e. The van der Waals surface area contributed by atoms with Crippen LogP contribution in [-0.2, 0) is 0 Å². The highest BCUT2D eigenvalue weighted by Gasteiger charge is 2.10. The second-order valence-electron chi connectivity index (χ2n) is 3.66. The van der Waals surface area contributed by atoms with Crippen LogP contribution >= 0.6 is 15.9 Å². The number of ether oxygens (including phenoxy) is 1. The van der Waals surface area contributed by atoms with Gasteiger partial charge in [-0.25, -0.2) is 9.37 Å². The number of anilines is 1. The molecule has 6 heteroatoms. The first-order valence-electron chi connectivity index (χ1n) is 5.36. The monoisotopic (exact) mass is 324 g/mol. The van der Waals surface area contributed by atoms with Gasteiger partial charge in [0, 0.05) is 10.5 Å². The van der Waals surface area contributed by atoms with Gasteiger partial charge in [-0.2, -0.15) is 0 Å². The summed E-state index contributed by atoms with van der Waals surface area (Å²) in [6, 6.07) is 7.69. The SMILES string of the molecule is COc1ccc(Br)c(NC(=O)c2ccc(F)cn2)c1. The molecule has 2 aromatic rings.